The molecule has 1 unspecified atom stereocenters. The van der Waals surface area contributed by atoms with Gasteiger partial charge in [-0.25, -0.2) is 9.97 Å². The van der Waals surface area contributed by atoms with Gasteiger partial charge in [-0.3, -0.25) is 0 Å². The van der Waals surface area contributed by atoms with E-state index < -0.39 is 0 Å². The van der Waals surface area contributed by atoms with Crippen molar-refractivity contribution < 1.29 is 0 Å². The Morgan fingerprint density at radius 3 is 2.83 bits per heavy atom. The SMILES string of the molecule is CCN(CC)CC(C)Nc1ncnc2ccsc12. The highest BCUT2D eigenvalue weighted by molar-refractivity contribution is 7.17. The Hall–Kier alpha value is -1.20. The van der Waals surface area contributed by atoms with Crippen molar-refractivity contribution in [2.45, 2.75) is 26.8 Å². The predicted octanol–water partition coefficient (Wildman–Crippen LogP) is 2.83. The number of likely N-dealkylation sites (N-methyl/N-ethyl adjacent to an activating group) is 1. The molecule has 0 bridgehead atoms. The molecule has 2 aromatic heterocycles. The van der Waals surface area contributed by atoms with E-state index >= 15 is 0 Å². The molecule has 0 saturated carbocycles. The van der Waals surface area contributed by atoms with Gasteiger partial charge in [0.1, 0.15) is 12.1 Å². The number of hydrogen-bond donors (Lipinski definition) is 1. The molecule has 4 nitrogen and oxygen atoms in total. The van der Waals surface area contributed by atoms with Crippen LogP contribution >= 0.6 is 11.3 Å². The predicted molar refractivity (Wildman–Crippen MR) is 78.3 cm³/mol. The number of nitrogens with zero attached hydrogens (tertiary/aromatic N) is 3. The molecule has 18 heavy (non-hydrogen) atoms. The molecule has 98 valence electrons. The first-order valence-corrected chi connectivity index (χ1v) is 7.29. The molecule has 1 N–H and O–H groups in total. The summed E-state index contributed by atoms with van der Waals surface area (Å²) < 4.78 is 1.14. The Labute approximate surface area is 112 Å². The summed E-state index contributed by atoms with van der Waals surface area (Å²) in [6, 6.07) is 2.41. The van der Waals surface area contributed by atoms with E-state index in [4.69, 9.17) is 0 Å². The number of rotatable bonds is 6. The van der Waals surface area contributed by atoms with E-state index in [-0.39, 0.29) is 0 Å². The van der Waals surface area contributed by atoms with Crippen LogP contribution in [-0.4, -0.2) is 40.5 Å². The van der Waals surface area contributed by atoms with Gasteiger partial charge in [0, 0.05) is 12.6 Å². The molecule has 0 fully saturated rings. The van der Waals surface area contributed by atoms with Crippen LogP contribution in [0.15, 0.2) is 17.8 Å². The fourth-order valence-corrected chi connectivity index (χ4v) is 2.84. The first-order chi connectivity index (χ1) is 8.74. The lowest BCUT2D eigenvalue weighted by Crippen LogP contribution is -2.34. The van der Waals surface area contributed by atoms with Crippen molar-refractivity contribution in [2.24, 2.45) is 0 Å². The summed E-state index contributed by atoms with van der Waals surface area (Å²) in [5.41, 5.74) is 1.02. The van der Waals surface area contributed by atoms with Gasteiger partial charge in [0.15, 0.2) is 0 Å². The highest BCUT2D eigenvalue weighted by Gasteiger charge is 2.10. The Bertz CT molecular complexity index is 492. The second kappa shape index (κ2) is 6.11. The molecule has 0 aliphatic rings. The van der Waals surface area contributed by atoms with Crippen molar-refractivity contribution in [3.05, 3.63) is 17.8 Å². The van der Waals surface area contributed by atoms with Gasteiger partial charge in [-0.1, -0.05) is 13.8 Å². The minimum absolute atomic E-state index is 0.380. The van der Waals surface area contributed by atoms with Gasteiger partial charge in [0.25, 0.3) is 0 Å². The van der Waals surface area contributed by atoms with Crippen molar-refractivity contribution in [3.63, 3.8) is 0 Å². The molecule has 1 atom stereocenters. The van der Waals surface area contributed by atoms with Crippen LogP contribution < -0.4 is 5.32 Å². The lowest BCUT2D eigenvalue weighted by atomic mass is 10.3. The monoisotopic (exact) mass is 264 g/mol. The fraction of sp³-hybridized carbons (Fsp3) is 0.538. The number of anilines is 1. The van der Waals surface area contributed by atoms with Crippen LogP contribution in [-0.2, 0) is 0 Å². The number of fused-ring (bicyclic) bond motifs is 1. The van der Waals surface area contributed by atoms with Crippen molar-refractivity contribution >= 4 is 27.4 Å². The summed E-state index contributed by atoms with van der Waals surface area (Å²) in [7, 11) is 0. The van der Waals surface area contributed by atoms with Crippen LogP contribution in [0.1, 0.15) is 20.8 Å². The van der Waals surface area contributed by atoms with Crippen LogP contribution in [0.3, 0.4) is 0 Å². The highest BCUT2D eigenvalue weighted by atomic mass is 32.1. The van der Waals surface area contributed by atoms with Gasteiger partial charge in [-0.2, -0.15) is 0 Å². The van der Waals surface area contributed by atoms with E-state index in [1.807, 2.05) is 6.07 Å². The highest BCUT2D eigenvalue weighted by Crippen LogP contribution is 2.25. The molecule has 0 spiro atoms. The van der Waals surface area contributed by atoms with E-state index in [1.54, 1.807) is 17.7 Å². The molecule has 0 radical (unpaired) electrons. The summed E-state index contributed by atoms with van der Waals surface area (Å²) in [5, 5.41) is 5.54. The van der Waals surface area contributed by atoms with Crippen molar-refractivity contribution in [2.75, 3.05) is 25.0 Å². The molecule has 0 aromatic carbocycles. The minimum Gasteiger partial charge on any atom is -0.365 e. The quantitative estimate of drug-likeness (QED) is 0.871. The maximum Gasteiger partial charge on any atom is 0.147 e. The third-order valence-corrected chi connectivity index (χ3v) is 3.96. The molecule has 2 heterocycles. The average molecular weight is 264 g/mol. The Balaban J connectivity index is 2.06. The molecular weight excluding hydrogens is 244 g/mol. The van der Waals surface area contributed by atoms with E-state index in [1.165, 1.54) is 0 Å². The Kier molecular flexibility index (Phi) is 4.49. The molecule has 0 aliphatic carbocycles. The topological polar surface area (TPSA) is 41.0 Å². The van der Waals surface area contributed by atoms with Gasteiger partial charge < -0.3 is 10.2 Å². The van der Waals surface area contributed by atoms with E-state index in [0.717, 1.165) is 35.7 Å². The number of nitrogens with one attached hydrogen (secondary N) is 1. The summed E-state index contributed by atoms with van der Waals surface area (Å²) in [5.74, 6) is 0.953. The van der Waals surface area contributed by atoms with Crippen LogP contribution in [0.5, 0.6) is 0 Å². The van der Waals surface area contributed by atoms with Crippen molar-refractivity contribution in [1.82, 2.24) is 14.9 Å². The zero-order valence-electron chi connectivity index (χ0n) is 11.2. The zero-order chi connectivity index (χ0) is 13.0. The van der Waals surface area contributed by atoms with Gasteiger partial charge in [-0.05, 0) is 31.5 Å². The number of hydrogen-bond acceptors (Lipinski definition) is 5. The standard InChI is InChI=1S/C13H20N4S/c1-4-17(5-2)8-10(3)16-13-12-11(6-7-18-12)14-9-15-13/h6-7,9-10H,4-5,8H2,1-3H3,(H,14,15,16). The van der Waals surface area contributed by atoms with Crippen LogP contribution in [0.2, 0.25) is 0 Å². The summed E-state index contributed by atoms with van der Waals surface area (Å²) in [6.07, 6.45) is 1.63. The average Bonchev–Trinajstić information content (AvgIpc) is 2.85. The van der Waals surface area contributed by atoms with Gasteiger partial charge in [0.2, 0.25) is 0 Å². The minimum atomic E-state index is 0.380. The Morgan fingerprint density at radius 2 is 2.11 bits per heavy atom. The second-order valence-electron chi connectivity index (χ2n) is 4.39. The van der Waals surface area contributed by atoms with Crippen molar-refractivity contribution in [1.29, 1.82) is 0 Å². The van der Waals surface area contributed by atoms with Crippen molar-refractivity contribution in [3.8, 4) is 0 Å². The van der Waals surface area contributed by atoms with Gasteiger partial charge in [0.05, 0.1) is 10.2 Å². The first-order valence-electron chi connectivity index (χ1n) is 6.41. The van der Waals surface area contributed by atoms with Crippen LogP contribution in [0, 0.1) is 0 Å². The van der Waals surface area contributed by atoms with E-state index in [9.17, 15) is 0 Å². The number of aromatic nitrogens is 2. The number of thiophene rings is 1. The smallest absolute Gasteiger partial charge is 0.147 e. The zero-order valence-corrected chi connectivity index (χ0v) is 12.0. The third kappa shape index (κ3) is 2.97. The molecule has 0 amide bonds. The lowest BCUT2D eigenvalue weighted by Gasteiger charge is -2.23. The lowest BCUT2D eigenvalue weighted by molar-refractivity contribution is 0.294. The first kappa shape index (κ1) is 13.2. The van der Waals surface area contributed by atoms with E-state index in [2.05, 4.69) is 46.3 Å². The van der Waals surface area contributed by atoms with E-state index in [0.29, 0.717) is 6.04 Å². The Morgan fingerprint density at radius 1 is 1.33 bits per heavy atom. The van der Waals surface area contributed by atoms with Crippen LogP contribution in [0.4, 0.5) is 5.82 Å². The molecule has 2 aromatic rings. The maximum atomic E-state index is 4.35. The fourth-order valence-electron chi connectivity index (χ4n) is 2.04. The summed E-state index contributed by atoms with van der Waals surface area (Å²) in [6.45, 7) is 9.78. The molecule has 2 rings (SSSR count). The van der Waals surface area contributed by atoms with Gasteiger partial charge in [-0.15, -0.1) is 11.3 Å². The largest absolute Gasteiger partial charge is 0.365 e. The molecular formula is C13H20N4S. The summed E-state index contributed by atoms with van der Waals surface area (Å²) in [4.78, 5) is 11.0. The molecule has 0 saturated heterocycles. The molecule has 0 aliphatic heterocycles. The normalized spacial score (nSPS) is 13.1. The summed E-state index contributed by atoms with van der Waals surface area (Å²) >= 11 is 1.69. The van der Waals surface area contributed by atoms with Gasteiger partial charge >= 0.3 is 0 Å². The van der Waals surface area contributed by atoms with Crippen LogP contribution in [0.25, 0.3) is 10.2 Å². The third-order valence-electron chi connectivity index (χ3n) is 3.05. The molecule has 5 heteroatoms. The maximum absolute atomic E-state index is 4.35. The second-order valence-corrected chi connectivity index (χ2v) is 5.30.